The molecule has 0 saturated heterocycles. The Balaban J connectivity index is 4.66. The minimum Gasteiger partial charge on any atom is -0.462 e. The van der Waals surface area contributed by atoms with Crippen LogP contribution in [0.15, 0.2) is 85.1 Å². The molecule has 0 saturated carbocycles. The Morgan fingerprint density at radius 2 is 0.951 bits per heavy atom. The SMILES string of the molecule is CC/C=C/C=C/C=C\CCCCCC(CC(=O)NC(CO)C(O)CCCCCCCCCCCCCCCC)OC(=O)CCC/C=C\C/C=C\C/C=C\C/C=C\CCCCC. The van der Waals surface area contributed by atoms with Crippen LogP contribution in [-0.2, 0) is 14.3 Å². The lowest BCUT2D eigenvalue weighted by molar-refractivity contribution is -0.151. The highest BCUT2D eigenvalue weighted by Gasteiger charge is 2.24. The summed E-state index contributed by atoms with van der Waals surface area (Å²) in [6.07, 6.45) is 62.2. The molecule has 0 aliphatic heterocycles. The quantitative estimate of drug-likeness (QED) is 0.0246. The number of allylic oxidation sites excluding steroid dienone is 14. The van der Waals surface area contributed by atoms with Crippen LogP contribution in [0.4, 0.5) is 0 Å². The Labute approximate surface area is 376 Å². The van der Waals surface area contributed by atoms with Crippen molar-refractivity contribution in [3.63, 3.8) is 0 Å². The number of carbonyl (C=O) groups is 2. The van der Waals surface area contributed by atoms with E-state index in [-0.39, 0.29) is 24.9 Å². The standard InChI is InChI=1S/C55H95NO5/c1-4-7-10-13-16-19-22-24-26-27-28-30-33-36-39-42-45-48-55(60)61-51(46-43-40-37-34-31-21-18-15-12-9-6-3)49-54(59)56-52(50-57)53(58)47-44-41-38-35-32-29-25-23-20-17-14-11-8-5-2/h9,12,15-16,18-19,21,24,26,28,30-31,36,39,51-53,57-58H,4-8,10-11,13-14,17,20,22-23,25,27,29,32-35,37-38,40-50H2,1-3H3,(H,56,59)/b12-9+,18-15+,19-16-,26-24-,30-28-,31-21-,39-36-. The van der Waals surface area contributed by atoms with Crippen molar-refractivity contribution < 1.29 is 24.5 Å². The second-order valence-corrected chi connectivity index (χ2v) is 16.9. The Hall–Kier alpha value is -2.96. The summed E-state index contributed by atoms with van der Waals surface area (Å²) in [5, 5.41) is 23.7. The number of unbranched alkanes of at least 4 members (excludes halogenated alkanes) is 20. The van der Waals surface area contributed by atoms with E-state index in [4.69, 9.17) is 4.74 Å². The molecule has 61 heavy (non-hydrogen) atoms. The van der Waals surface area contributed by atoms with Gasteiger partial charge >= 0.3 is 5.97 Å². The van der Waals surface area contributed by atoms with Gasteiger partial charge in [0.2, 0.25) is 5.91 Å². The van der Waals surface area contributed by atoms with Crippen molar-refractivity contribution in [1.29, 1.82) is 0 Å². The third kappa shape index (κ3) is 43.5. The van der Waals surface area contributed by atoms with Gasteiger partial charge in [-0.05, 0) is 83.5 Å². The molecule has 0 aromatic heterocycles. The maximum atomic E-state index is 13.2. The molecule has 6 nitrogen and oxygen atoms in total. The van der Waals surface area contributed by atoms with Crippen LogP contribution in [0, 0.1) is 0 Å². The van der Waals surface area contributed by atoms with E-state index in [9.17, 15) is 19.8 Å². The predicted octanol–water partition coefficient (Wildman–Crippen LogP) is 15.2. The van der Waals surface area contributed by atoms with Crippen molar-refractivity contribution in [2.75, 3.05) is 6.61 Å². The maximum Gasteiger partial charge on any atom is 0.306 e. The lowest BCUT2D eigenvalue weighted by atomic mass is 10.0. The molecule has 0 heterocycles. The fraction of sp³-hybridized carbons (Fsp3) is 0.709. The van der Waals surface area contributed by atoms with Crippen molar-refractivity contribution in [2.45, 2.75) is 244 Å². The first-order valence-electron chi connectivity index (χ1n) is 25.3. The Kier molecular flexibility index (Phi) is 45.7. The summed E-state index contributed by atoms with van der Waals surface area (Å²) in [5.41, 5.74) is 0. The lowest BCUT2D eigenvalue weighted by Gasteiger charge is -2.24. The molecule has 0 aromatic rings. The van der Waals surface area contributed by atoms with Crippen molar-refractivity contribution >= 4 is 11.9 Å². The topological polar surface area (TPSA) is 95.9 Å². The molecule has 0 aliphatic rings. The van der Waals surface area contributed by atoms with Crippen LogP contribution in [0.2, 0.25) is 0 Å². The molecule has 0 aromatic carbocycles. The van der Waals surface area contributed by atoms with E-state index in [0.29, 0.717) is 25.7 Å². The van der Waals surface area contributed by atoms with Crippen LogP contribution in [0.3, 0.4) is 0 Å². The molecule has 3 unspecified atom stereocenters. The number of hydrogen-bond donors (Lipinski definition) is 3. The minimum absolute atomic E-state index is 0.0287. The second-order valence-electron chi connectivity index (χ2n) is 16.9. The summed E-state index contributed by atoms with van der Waals surface area (Å²) in [7, 11) is 0. The van der Waals surface area contributed by atoms with Gasteiger partial charge in [0, 0.05) is 6.42 Å². The van der Waals surface area contributed by atoms with E-state index < -0.39 is 18.2 Å². The molecule has 0 fully saturated rings. The number of aliphatic hydroxyl groups excluding tert-OH is 2. The van der Waals surface area contributed by atoms with E-state index in [1.807, 2.05) is 12.2 Å². The van der Waals surface area contributed by atoms with Crippen molar-refractivity contribution in [3.8, 4) is 0 Å². The zero-order valence-electron chi connectivity index (χ0n) is 39.8. The third-order valence-corrected chi connectivity index (χ3v) is 11.0. The van der Waals surface area contributed by atoms with Gasteiger partial charge < -0.3 is 20.3 Å². The van der Waals surface area contributed by atoms with Crippen molar-refractivity contribution in [3.05, 3.63) is 85.1 Å². The smallest absolute Gasteiger partial charge is 0.306 e. The first kappa shape index (κ1) is 58.0. The van der Waals surface area contributed by atoms with Gasteiger partial charge in [0.05, 0.1) is 25.2 Å². The Morgan fingerprint density at radius 1 is 0.508 bits per heavy atom. The highest BCUT2D eigenvalue weighted by molar-refractivity contribution is 5.77. The first-order chi connectivity index (χ1) is 30.0. The van der Waals surface area contributed by atoms with Crippen LogP contribution < -0.4 is 5.32 Å². The number of nitrogens with one attached hydrogen (secondary N) is 1. The molecule has 3 atom stereocenters. The molecule has 0 radical (unpaired) electrons. The van der Waals surface area contributed by atoms with E-state index >= 15 is 0 Å². The minimum atomic E-state index is -0.810. The van der Waals surface area contributed by atoms with Crippen LogP contribution in [-0.4, -0.2) is 46.9 Å². The van der Waals surface area contributed by atoms with E-state index in [1.165, 1.54) is 96.3 Å². The van der Waals surface area contributed by atoms with Crippen LogP contribution >= 0.6 is 0 Å². The molecule has 1 amide bonds. The predicted molar refractivity (Wildman–Crippen MR) is 264 cm³/mol. The monoisotopic (exact) mass is 850 g/mol. The molecular weight excluding hydrogens is 755 g/mol. The van der Waals surface area contributed by atoms with Gasteiger partial charge in [-0.15, -0.1) is 0 Å². The zero-order valence-corrected chi connectivity index (χ0v) is 39.8. The Morgan fingerprint density at radius 3 is 1.51 bits per heavy atom. The molecule has 0 aliphatic carbocycles. The molecule has 3 N–H and O–H groups in total. The largest absolute Gasteiger partial charge is 0.462 e. The first-order valence-corrected chi connectivity index (χ1v) is 25.3. The molecule has 0 rings (SSSR count). The average Bonchev–Trinajstić information content (AvgIpc) is 3.25. The van der Waals surface area contributed by atoms with Gasteiger partial charge in [-0.3, -0.25) is 9.59 Å². The summed E-state index contributed by atoms with van der Waals surface area (Å²) < 4.78 is 5.87. The zero-order chi connectivity index (χ0) is 44.5. The van der Waals surface area contributed by atoms with Crippen molar-refractivity contribution in [1.82, 2.24) is 5.32 Å². The molecule has 350 valence electrons. The van der Waals surface area contributed by atoms with E-state index in [0.717, 1.165) is 77.0 Å². The normalized spacial score (nSPS) is 14.0. The summed E-state index contributed by atoms with van der Waals surface area (Å²) >= 11 is 0. The molecule has 6 heteroatoms. The van der Waals surface area contributed by atoms with Gasteiger partial charge in [-0.25, -0.2) is 0 Å². The number of rotatable bonds is 44. The summed E-state index contributed by atoms with van der Waals surface area (Å²) in [4.78, 5) is 26.1. The fourth-order valence-electron chi connectivity index (χ4n) is 7.19. The second kappa shape index (κ2) is 48.1. The number of ether oxygens (including phenoxy) is 1. The van der Waals surface area contributed by atoms with Crippen LogP contribution in [0.1, 0.15) is 226 Å². The summed E-state index contributed by atoms with van der Waals surface area (Å²) in [6, 6.07) is -0.727. The average molecular weight is 850 g/mol. The van der Waals surface area contributed by atoms with Gasteiger partial charge in [0.1, 0.15) is 6.10 Å². The van der Waals surface area contributed by atoms with Gasteiger partial charge in [-0.1, -0.05) is 215 Å². The number of aliphatic hydroxyl groups is 2. The van der Waals surface area contributed by atoms with Crippen LogP contribution in [0.5, 0.6) is 0 Å². The van der Waals surface area contributed by atoms with E-state index in [1.54, 1.807) is 0 Å². The molecular formula is C55H95NO5. The van der Waals surface area contributed by atoms with Gasteiger partial charge in [0.15, 0.2) is 0 Å². The highest BCUT2D eigenvalue weighted by atomic mass is 16.5. The maximum absolute atomic E-state index is 13.2. The summed E-state index contributed by atoms with van der Waals surface area (Å²) in [6.45, 7) is 6.29. The molecule has 0 spiro atoms. The van der Waals surface area contributed by atoms with E-state index in [2.05, 4.69) is 99.0 Å². The van der Waals surface area contributed by atoms with Gasteiger partial charge in [0.25, 0.3) is 0 Å². The number of carbonyl (C=O) groups excluding carboxylic acids is 2. The number of esters is 1. The summed E-state index contributed by atoms with van der Waals surface area (Å²) in [5.74, 6) is -0.582. The highest BCUT2D eigenvalue weighted by Crippen LogP contribution is 2.17. The fourth-order valence-corrected chi connectivity index (χ4v) is 7.19. The van der Waals surface area contributed by atoms with Crippen molar-refractivity contribution in [2.24, 2.45) is 0 Å². The lowest BCUT2D eigenvalue weighted by Crippen LogP contribution is -2.46. The third-order valence-electron chi connectivity index (χ3n) is 11.0. The van der Waals surface area contributed by atoms with Crippen LogP contribution in [0.25, 0.3) is 0 Å². The molecule has 0 bridgehead atoms. The van der Waals surface area contributed by atoms with Gasteiger partial charge in [-0.2, -0.15) is 0 Å². The number of amides is 1. The Bertz CT molecular complexity index is 1180. The number of hydrogen-bond acceptors (Lipinski definition) is 5.